The van der Waals surface area contributed by atoms with E-state index in [0.717, 1.165) is 24.3 Å². The maximum absolute atomic E-state index is 5.86. The van der Waals surface area contributed by atoms with E-state index in [1.165, 1.54) is 0 Å². The lowest BCUT2D eigenvalue weighted by Gasteiger charge is -2.07. The van der Waals surface area contributed by atoms with Gasteiger partial charge in [-0.3, -0.25) is 0 Å². The Labute approximate surface area is 93.3 Å². The minimum Gasteiger partial charge on any atom is -0.368 e. The molecule has 0 bridgehead atoms. The molecular weight excluding hydrogens is 212 g/mol. The SMILES string of the molecule is CC(Cl)CCNc1nccn2nccc12. The van der Waals surface area contributed by atoms with Gasteiger partial charge in [-0.15, -0.1) is 11.6 Å². The van der Waals surface area contributed by atoms with Crippen molar-refractivity contribution in [2.24, 2.45) is 0 Å². The number of hydrogen-bond acceptors (Lipinski definition) is 3. The molecule has 0 amide bonds. The van der Waals surface area contributed by atoms with Crippen LogP contribution in [0.15, 0.2) is 24.7 Å². The van der Waals surface area contributed by atoms with Crippen LogP contribution in [0.4, 0.5) is 5.82 Å². The summed E-state index contributed by atoms with van der Waals surface area (Å²) in [5, 5.41) is 7.56. The lowest BCUT2D eigenvalue weighted by atomic mass is 10.3. The van der Waals surface area contributed by atoms with Gasteiger partial charge < -0.3 is 5.32 Å². The van der Waals surface area contributed by atoms with Crippen molar-refractivity contribution in [3.63, 3.8) is 0 Å². The first-order valence-corrected chi connectivity index (χ1v) is 5.37. The van der Waals surface area contributed by atoms with E-state index < -0.39 is 0 Å². The molecule has 2 aromatic rings. The number of alkyl halides is 1. The molecule has 0 fully saturated rings. The highest BCUT2D eigenvalue weighted by atomic mass is 35.5. The van der Waals surface area contributed by atoms with Crippen LogP contribution < -0.4 is 5.32 Å². The predicted molar refractivity (Wildman–Crippen MR) is 61.4 cm³/mol. The maximum Gasteiger partial charge on any atom is 0.152 e. The van der Waals surface area contributed by atoms with Crippen LogP contribution in [0.5, 0.6) is 0 Å². The van der Waals surface area contributed by atoms with Gasteiger partial charge in [-0.25, -0.2) is 9.50 Å². The summed E-state index contributed by atoms with van der Waals surface area (Å²) in [4.78, 5) is 4.26. The lowest BCUT2D eigenvalue weighted by Crippen LogP contribution is -2.08. The fraction of sp³-hybridized carbons (Fsp3) is 0.400. The molecule has 80 valence electrons. The Kier molecular flexibility index (Phi) is 3.06. The molecule has 0 aromatic carbocycles. The van der Waals surface area contributed by atoms with Crippen LogP contribution in [0, 0.1) is 0 Å². The Balaban J connectivity index is 2.10. The Bertz CT molecular complexity index is 438. The van der Waals surface area contributed by atoms with Crippen molar-refractivity contribution in [1.29, 1.82) is 0 Å². The molecule has 0 aliphatic heterocycles. The van der Waals surface area contributed by atoms with Crippen molar-refractivity contribution in [3.8, 4) is 0 Å². The number of aromatic nitrogens is 3. The van der Waals surface area contributed by atoms with Gasteiger partial charge in [0.1, 0.15) is 5.52 Å². The zero-order valence-corrected chi connectivity index (χ0v) is 9.28. The largest absolute Gasteiger partial charge is 0.368 e. The molecule has 0 saturated heterocycles. The van der Waals surface area contributed by atoms with Crippen LogP contribution in [0.25, 0.3) is 5.52 Å². The van der Waals surface area contributed by atoms with Gasteiger partial charge in [-0.1, -0.05) is 0 Å². The molecule has 0 radical (unpaired) electrons. The summed E-state index contributed by atoms with van der Waals surface area (Å²) in [6.07, 6.45) is 6.22. The zero-order valence-electron chi connectivity index (χ0n) is 8.52. The van der Waals surface area contributed by atoms with Gasteiger partial charge in [-0.05, 0) is 19.4 Å². The third-order valence-corrected chi connectivity index (χ3v) is 2.38. The highest BCUT2D eigenvalue weighted by Crippen LogP contribution is 2.12. The smallest absolute Gasteiger partial charge is 0.152 e. The van der Waals surface area contributed by atoms with Gasteiger partial charge in [0, 0.05) is 24.3 Å². The third kappa shape index (κ3) is 2.39. The van der Waals surface area contributed by atoms with Gasteiger partial charge in [0.05, 0.1) is 6.20 Å². The zero-order chi connectivity index (χ0) is 10.7. The van der Waals surface area contributed by atoms with Crippen molar-refractivity contribution in [3.05, 3.63) is 24.7 Å². The molecule has 0 aliphatic carbocycles. The van der Waals surface area contributed by atoms with Crippen molar-refractivity contribution >= 4 is 22.9 Å². The number of rotatable bonds is 4. The second-order valence-corrected chi connectivity index (χ2v) is 4.18. The number of halogens is 1. The highest BCUT2D eigenvalue weighted by molar-refractivity contribution is 6.20. The molecule has 2 rings (SSSR count). The fourth-order valence-electron chi connectivity index (χ4n) is 1.38. The number of nitrogens with one attached hydrogen (secondary N) is 1. The molecule has 2 heterocycles. The third-order valence-electron chi connectivity index (χ3n) is 2.16. The molecule has 0 saturated carbocycles. The molecule has 2 aromatic heterocycles. The van der Waals surface area contributed by atoms with E-state index in [9.17, 15) is 0 Å². The standard InChI is InChI=1S/C10H13ClN4/c1-8(11)2-4-12-10-9-3-5-14-15(9)7-6-13-10/h3,5-8H,2,4H2,1H3,(H,12,13). The van der Waals surface area contributed by atoms with Gasteiger partial charge in [0.15, 0.2) is 5.82 Å². The van der Waals surface area contributed by atoms with Crippen LogP contribution in [-0.4, -0.2) is 26.5 Å². The van der Waals surface area contributed by atoms with E-state index in [1.54, 1.807) is 16.9 Å². The summed E-state index contributed by atoms with van der Waals surface area (Å²) < 4.78 is 1.79. The fourth-order valence-corrected chi connectivity index (χ4v) is 1.49. The summed E-state index contributed by atoms with van der Waals surface area (Å²) in [5.41, 5.74) is 0.986. The summed E-state index contributed by atoms with van der Waals surface area (Å²) >= 11 is 5.86. The van der Waals surface area contributed by atoms with Gasteiger partial charge in [0.25, 0.3) is 0 Å². The van der Waals surface area contributed by atoms with E-state index in [2.05, 4.69) is 15.4 Å². The number of nitrogens with zero attached hydrogens (tertiary/aromatic N) is 3. The van der Waals surface area contributed by atoms with Crippen LogP contribution in [-0.2, 0) is 0 Å². The summed E-state index contributed by atoms with van der Waals surface area (Å²) in [6, 6.07) is 1.93. The van der Waals surface area contributed by atoms with Crippen molar-refractivity contribution in [1.82, 2.24) is 14.6 Å². The summed E-state index contributed by atoms with van der Waals surface area (Å²) in [5.74, 6) is 0.854. The first kappa shape index (κ1) is 10.2. The number of hydrogen-bond donors (Lipinski definition) is 1. The van der Waals surface area contributed by atoms with Crippen molar-refractivity contribution in [2.45, 2.75) is 18.7 Å². The monoisotopic (exact) mass is 224 g/mol. The first-order valence-electron chi connectivity index (χ1n) is 4.93. The number of anilines is 1. The van der Waals surface area contributed by atoms with Crippen LogP contribution >= 0.6 is 11.6 Å². The summed E-state index contributed by atoms with van der Waals surface area (Å²) in [7, 11) is 0. The van der Waals surface area contributed by atoms with Crippen LogP contribution in [0.3, 0.4) is 0 Å². The Morgan fingerprint density at radius 1 is 1.53 bits per heavy atom. The summed E-state index contributed by atoms with van der Waals surface area (Å²) in [6.45, 7) is 2.80. The molecule has 0 aliphatic rings. The molecule has 5 heteroatoms. The molecule has 1 atom stereocenters. The van der Waals surface area contributed by atoms with Crippen LogP contribution in [0.2, 0.25) is 0 Å². The average Bonchev–Trinajstić information content (AvgIpc) is 2.65. The van der Waals surface area contributed by atoms with Gasteiger partial charge >= 0.3 is 0 Å². The lowest BCUT2D eigenvalue weighted by molar-refractivity contribution is 0.837. The second kappa shape index (κ2) is 4.49. The predicted octanol–water partition coefficient (Wildman–Crippen LogP) is 2.16. The molecule has 1 unspecified atom stereocenters. The maximum atomic E-state index is 5.86. The van der Waals surface area contributed by atoms with E-state index in [-0.39, 0.29) is 5.38 Å². The second-order valence-electron chi connectivity index (χ2n) is 3.43. The normalized spacial score (nSPS) is 12.9. The molecule has 4 nitrogen and oxygen atoms in total. The first-order chi connectivity index (χ1) is 7.27. The van der Waals surface area contributed by atoms with Crippen LogP contribution in [0.1, 0.15) is 13.3 Å². The molecule has 0 spiro atoms. The van der Waals surface area contributed by atoms with E-state index in [0.29, 0.717) is 0 Å². The quantitative estimate of drug-likeness (QED) is 0.810. The molecular formula is C10H13ClN4. The van der Waals surface area contributed by atoms with Gasteiger partial charge in [-0.2, -0.15) is 5.10 Å². The van der Waals surface area contributed by atoms with E-state index in [4.69, 9.17) is 11.6 Å². The number of fused-ring (bicyclic) bond motifs is 1. The van der Waals surface area contributed by atoms with Gasteiger partial charge in [0.2, 0.25) is 0 Å². The minimum atomic E-state index is 0.183. The van der Waals surface area contributed by atoms with E-state index >= 15 is 0 Å². The topological polar surface area (TPSA) is 42.2 Å². The Morgan fingerprint density at radius 2 is 2.40 bits per heavy atom. The van der Waals surface area contributed by atoms with E-state index in [1.807, 2.05) is 19.2 Å². The van der Waals surface area contributed by atoms with Crippen molar-refractivity contribution in [2.75, 3.05) is 11.9 Å². The molecule has 1 N–H and O–H groups in total. The Hall–Kier alpha value is -1.29. The van der Waals surface area contributed by atoms with Crippen molar-refractivity contribution < 1.29 is 0 Å². The molecule has 15 heavy (non-hydrogen) atoms. The Morgan fingerprint density at radius 3 is 3.20 bits per heavy atom. The minimum absolute atomic E-state index is 0.183. The average molecular weight is 225 g/mol. The highest BCUT2D eigenvalue weighted by Gasteiger charge is 2.02.